The molecule has 0 aliphatic rings. The Morgan fingerprint density at radius 1 is 1.28 bits per heavy atom. The van der Waals surface area contributed by atoms with Gasteiger partial charge in [-0.25, -0.2) is 4.98 Å². The van der Waals surface area contributed by atoms with Gasteiger partial charge in [0.05, 0.1) is 11.3 Å². The van der Waals surface area contributed by atoms with Gasteiger partial charge in [0, 0.05) is 12.3 Å². The molecule has 18 heavy (non-hydrogen) atoms. The summed E-state index contributed by atoms with van der Waals surface area (Å²) >= 11 is 3.20. The van der Waals surface area contributed by atoms with E-state index in [9.17, 15) is 9.90 Å². The van der Waals surface area contributed by atoms with Crippen LogP contribution in [0.3, 0.4) is 0 Å². The predicted octanol–water partition coefficient (Wildman–Crippen LogP) is 2.51. The summed E-state index contributed by atoms with van der Waals surface area (Å²) in [6.45, 7) is 0. The maximum Gasteiger partial charge on any atom is 0.259 e. The van der Waals surface area contributed by atoms with E-state index in [0.29, 0.717) is 10.3 Å². The third-order valence-corrected chi connectivity index (χ3v) is 2.87. The van der Waals surface area contributed by atoms with Gasteiger partial charge in [0.25, 0.3) is 5.91 Å². The van der Waals surface area contributed by atoms with Crippen molar-refractivity contribution in [2.24, 2.45) is 0 Å². The van der Waals surface area contributed by atoms with Crippen LogP contribution in [0.4, 0.5) is 5.69 Å². The molecule has 0 bridgehead atoms. The van der Waals surface area contributed by atoms with Crippen LogP contribution < -0.4 is 5.32 Å². The molecule has 0 aliphatic heterocycles. The molecule has 0 unspecified atom stereocenters. The van der Waals surface area contributed by atoms with Crippen LogP contribution in [0.5, 0.6) is 11.5 Å². The fourth-order valence-electron chi connectivity index (χ4n) is 1.38. The summed E-state index contributed by atoms with van der Waals surface area (Å²) in [5.41, 5.74) is 0.568. The average Bonchev–Trinajstić information content (AvgIpc) is 2.32. The van der Waals surface area contributed by atoms with Gasteiger partial charge in [-0.05, 0) is 40.2 Å². The quantitative estimate of drug-likeness (QED) is 0.744. The number of hydrogen-bond donors (Lipinski definition) is 3. The first-order valence-corrected chi connectivity index (χ1v) is 5.81. The van der Waals surface area contributed by atoms with Crippen LogP contribution >= 0.6 is 15.9 Å². The summed E-state index contributed by atoms with van der Waals surface area (Å²) in [4.78, 5) is 15.9. The number of nitrogens with one attached hydrogen (secondary N) is 1. The molecule has 1 heterocycles. The molecule has 92 valence electrons. The number of amides is 1. The van der Waals surface area contributed by atoms with E-state index in [1.165, 1.54) is 12.1 Å². The molecular weight excluding hydrogens is 300 g/mol. The minimum atomic E-state index is -0.485. The fraction of sp³-hybridized carbons (Fsp3) is 0. The van der Waals surface area contributed by atoms with Crippen molar-refractivity contribution in [3.05, 3.63) is 46.7 Å². The number of phenols is 2. The highest BCUT2D eigenvalue weighted by Crippen LogP contribution is 2.25. The topological polar surface area (TPSA) is 82.5 Å². The normalized spacial score (nSPS) is 10.1. The van der Waals surface area contributed by atoms with E-state index in [4.69, 9.17) is 5.11 Å². The van der Waals surface area contributed by atoms with Gasteiger partial charge in [0.1, 0.15) is 16.1 Å². The van der Waals surface area contributed by atoms with Gasteiger partial charge >= 0.3 is 0 Å². The molecular formula is C12H9BrN2O3. The van der Waals surface area contributed by atoms with Crippen molar-refractivity contribution < 1.29 is 15.0 Å². The molecule has 0 radical (unpaired) electrons. The Bertz CT molecular complexity index is 602. The monoisotopic (exact) mass is 308 g/mol. The zero-order chi connectivity index (χ0) is 13.1. The van der Waals surface area contributed by atoms with Crippen LogP contribution in [0.25, 0.3) is 0 Å². The Kier molecular flexibility index (Phi) is 3.47. The lowest BCUT2D eigenvalue weighted by Gasteiger charge is -2.07. The van der Waals surface area contributed by atoms with Crippen LogP contribution in [-0.2, 0) is 0 Å². The molecule has 1 amide bonds. The van der Waals surface area contributed by atoms with E-state index >= 15 is 0 Å². The summed E-state index contributed by atoms with van der Waals surface area (Å²) in [6, 6.07) is 7.12. The van der Waals surface area contributed by atoms with Crippen molar-refractivity contribution in [2.45, 2.75) is 0 Å². The van der Waals surface area contributed by atoms with E-state index in [2.05, 4.69) is 26.2 Å². The van der Waals surface area contributed by atoms with Gasteiger partial charge in [0.15, 0.2) is 0 Å². The second kappa shape index (κ2) is 5.05. The summed E-state index contributed by atoms with van der Waals surface area (Å²) in [5, 5.41) is 21.3. The fourth-order valence-corrected chi connectivity index (χ4v) is 1.73. The number of phenolic OH excluding ortho intramolecular Hbond substituents is 2. The first-order chi connectivity index (χ1) is 8.58. The molecule has 0 atom stereocenters. The number of carbonyl (C=O) groups excluding carboxylic acids is 1. The number of aromatic nitrogens is 1. The summed E-state index contributed by atoms with van der Waals surface area (Å²) in [7, 11) is 0. The maximum atomic E-state index is 11.9. The Balaban J connectivity index is 2.25. The first-order valence-electron chi connectivity index (χ1n) is 5.02. The number of carbonyl (C=O) groups is 1. The van der Waals surface area contributed by atoms with Crippen molar-refractivity contribution in [1.82, 2.24) is 4.98 Å². The molecule has 3 N–H and O–H groups in total. The lowest BCUT2D eigenvalue weighted by molar-refractivity contribution is 0.102. The number of benzene rings is 1. The van der Waals surface area contributed by atoms with Gasteiger partial charge < -0.3 is 15.5 Å². The zero-order valence-corrected chi connectivity index (χ0v) is 10.7. The van der Waals surface area contributed by atoms with E-state index in [1.807, 2.05) is 0 Å². The third kappa shape index (κ3) is 2.60. The number of rotatable bonds is 2. The van der Waals surface area contributed by atoms with Crippen molar-refractivity contribution in [2.75, 3.05) is 5.32 Å². The molecule has 2 rings (SSSR count). The Labute approximate surface area is 111 Å². The van der Waals surface area contributed by atoms with Crippen molar-refractivity contribution in [1.29, 1.82) is 0 Å². The van der Waals surface area contributed by atoms with Crippen LogP contribution in [0, 0.1) is 0 Å². The van der Waals surface area contributed by atoms with Crippen molar-refractivity contribution in [3.63, 3.8) is 0 Å². The first kappa shape index (κ1) is 12.4. The van der Waals surface area contributed by atoms with Crippen LogP contribution in [0.15, 0.2) is 41.1 Å². The van der Waals surface area contributed by atoms with E-state index in [1.54, 1.807) is 18.3 Å². The van der Waals surface area contributed by atoms with Crippen LogP contribution in [0.2, 0.25) is 0 Å². The Morgan fingerprint density at radius 2 is 2.06 bits per heavy atom. The third-order valence-electron chi connectivity index (χ3n) is 2.23. The molecule has 0 saturated heterocycles. The van der Waals surface area contributed by atoms with E-state index < -0.39 is 5.91 Å². The number of anilines is 1. The second-order valence-corrected chi connectivity index (χ2v) is 4.25. The van der Waals surface area contributed by atoms with Crippen LogP contribution in [-0.4, -0.2) is 21.1 Å². The summed E-state index contributed by atoms with van der Waals surface area (Å²) < 4.78 is 0.497. The van der Waals surface area contributed by atoms with Gasteiger partial charge in [-0.1, -0.05) is 0 Å². The standard InChI is InChI=1S/C12H9BrN2O3/c13-11-9(2-1-5-14-11)15-12(18)8-4-3-7(16)6-10(8)17/h1-6,16-17H,(H,15,18). The largest absolute Gasteiger partial charge is 0.508 e. The maximum absolute atomic E-state index is 11.9. The molecule has 2 aromatic rings. The van der Waals surface area contributed by atoms with Gasteiger partial charge in [-0.2, -0.15) is 0 Å². The smallest absolute Gasteiger partial charge is 0.259 e. The molecule has 0 spiro atoms. The molecule has 0 saturated carbocycles. The SMILES string of the molecule is O=C(Nc1cccnc1Br)c1ccc(O)cc1O. The van der Waals surface area contributed by atoms with Crippen molar-refractivity contribution in [3.8, 4) is 11.5 Å². The second-order valence-electron chi connectivity index (χ2n) is 3.50. The van der Waals surface area contributed by atoms with Crippen LogP contribution in [0.1, 0.15) is 10.4 Å². The Hall–Kier alpha value is -2.08. The molecule has 5 nitrogen and oxygen atoms in total. The average molecular weight is 309 g/mol. The number of nitrogens with zero attached hydrogens (tertiary/aromatic N) is 1. The lowest BCUT2D eigenvalue weighted by atomic mass is 10.2. The van der Waals surface area contributed by atoms with E-state index in [-0.39, 0.29) is 17.1 Å². The molecule has 1 aromatic carbocycles. The molecule has 0 fully saturated rings. The number of hydrogen-bond acceptors (Lipinski definition) is 4. The number of pyridine rings is 1. The zero-order valence-electron chi connectivity index (χ0n) is 9.09. The summed E-state index contributed by atoms with van der Waals surface area (Å²) in [5.74, 6) is -0.875. The predicted molar refractivity (Wildman–Crippen MR) is 69.7 cm³/mol. The summed E-state index contributed by atoms with van der Waals surface area (Å²) in [6.07, 6.45) is 1.58. The molecule has 1 aromatic heterocycles. The highest BCUT2D eigenvalue weighted by molar-refractivity contribution is 9.10. The lowest BCUT2D eigenvalue weighted by Crippen LogP contribution is -2.12. The van der Waals surface area contributed by atoms with Gasteiger partial charge in [-0.3, -0.25) is 4.79 Å². The Morgan fingerprint density at radius 3 is 2.72 bits per heavy atom. The number of aromatic hydroxyl groups is 2. The highest BCUT2D eigenvalue weighted by atomic mass is 79.9. The number of halogens is 1. The minimum absolute atomic E-state index is 0.0727. The molecule has 0 aliphatic carbocycles. The van der Waals surface area contributed by atoms with Gasteiger partial charge in [0.2, 0.25) is 0 Å². The van der Waals surface area contributed by atoms with Gasteiger partial charge in [-0.15, -0.1) is 0 Å². The van der Waals surface area contributed by atoms with E-state index in [0.717, 1.165) is 6.07 Å². The highest BCUT2D eigenvalue weighted by Gasteiger charge is 2.13. The minimum Gasteiger partial charge on any atom is -0.508 e. The van der Waals surface area contributed by atoms with Crippen molar-refractivity contribution >= 4 is 27.5 Å². The molecule has 6 heteroatoms.